The van der Waals surface area contributed by atoms with Gasteiger partial charge in [0.25, 0.3) is 0 Å². The van der Waals surface area contributed by atoms with Crippen LogP contribution in [0, 0.1) is 5.92 Å². The van der Waals surface area contributed by atoms with E-state index in [2.05, 4.69) is 4.98 Å². The molecule has 0 radical (unpaired) electrons. The van der Waals surface area contributed by atoms with E-state index < -0.39 is 0 Å². The summed E-state index contributed by atoms with van der Waals surface area (Å²) in [6, 6.07) is 1.88. The molecule has 88 valence electrons. The normalized spacial score (nSPS) is 14.9. The Labute approximate surface area is 95.5 Å². The minimum atomic E-state index is 0.490. The molecular weight excluding hydrogens is 206 g/mol. The molecule has 0 amide bonds. The Morgan fingerprint density at radius 3 is 2.75 bits per heavy atom. The van der Waals surface area contributed by atoms with Gasteiger partial charge in [-0.3, -0.25) is 4.98 Å². The van der Waals surface area contributed by atoms with Crippen molar-refractivity contribution in [1.82, 2.24) is 4.98 Å². The highest BCUT2D eigenvalue weighted by Crippen LogP contribution is 2.32. The summed E-state index contributed by atoms with van der Waals surface area (Å²) < 4.78 is 16.0. The van der Waals surface area contributed by atoms with Crippen LogP contribution in [0.4, 0.5) is 0 Å². The number of nitrogens with zero attached hydrogens (tertiary/aromatic N) is 1. The molecule has 1 aromatic rings. The van der Waals surface area contributed by atoms with E-state index in [-0.39, 0.29) is 0 Å². The average molecular weight is 223 g/mol. The SMILES string of the molecule is COCc1cc(OCC2CC2)c(OC)cn1. The second-order valence-electron chi connectivity index (χ2n) is 4.01. The van der Waals surface area contributed by atoms with Gasteiger partial charge < -0.3 is 14.2 Å². The van der Waals surface area contributed by atoms with Gasteiger partial charge in [0.1, 0.15) is 0 Å². The van der Waals surface area contributed by atoms with Crippen molar-refractivity contribution in [3.05, 3.63) is 18.0 Å². The molecule has 0 aromatic carbocycles. The van der Waals surface area contributed by atoms with Crippen molar-refractivity contribution in [1.29, 1.82) is 0 Å². The first-order chi connectivity index (χ1) is 7.83. The zero-order chi connectivity index (χ0) is 11.4. The van der Waals surface area contributed by atoms with Crippen LogP contribution in [0.2, 0.25) is 0 Å². The third kappa shape index (κ3) is 2.85. The van der Waals surface area contributed by atoms with E-state index in [0.717, 1.165) is 24.0 Å². The van der Waals surface area contributed by atoms with E-state index in [1.54, 1.807) is 20.4 Å². The molecule has 1 aliphatic carbocycles. The first-order valence-corrected chi connectivity index (χ1v) is 5.48. The molecule has 0 bridgehead atoms. The Hall–Kier alpha value is -1.29. The highest BCUT2D eigenvalue weighted by molar-refractivity contribution is 5.38. The molecule has 0 unspecified atom stereocenters. The van der Waals surface area contributed by atoms with E-state index in [4.69, 9.17) is 14.2 Å². The van der Waals surface area contributed by atoms with Gasteiger partial charge in [-0.25, -0.2) is 0 Å². The monoisotopic (exact) mass is 223 g/mol. The van der Waals surface area contributed by atoms with Gasteiger partial charge in [0.05, 0.1) is 32.2 Å². The highest BCUT2D eigenvalue weighted by Gasteiger charge is 2.22. The fraction of sp³-hybridized carbons (Fsp3) is 0.583. The predicted octanol–water partition coefficient (Wildman–Crippen LogP) is 2.03. The average Bonchev–Trinajstić information content (AvgIpc) is 3.11. The van der Waals surface area contributed by atoms with E-state index >= 15 is 0 Å². The van der Waals surface area contributed by atoms with E-state index in [1.165, 1.54) is 12.8 Å². The fourth-order valence-corrected chi connectivity index (χ4v) is 1.45. The quantitative estimate of drug-likeness (QED) is 0.739. The Morgan fingerprint density at radius 1 is 1.31 bits per heavy atom. The first-order valence-electron chi connectivity index (χ1n) is 5.48. The first kappa shape index (κ1) is 11.2. The molecule has 1 saturated carbocycles. The lowest BCUT2D eigenvalue weighted by Gasteiger charge is -2.11. The number of rotatable bonds is 6. The molecule has 0 spiro atoms. The molecule has 1 fully saturated rings. The van der Waals surface area contributed by atoms with Crippen LogP contribution in [-0.2, 0) is 11.3 Å². The standard InChI is InChI=1S/C12H17NO3/c1-14-8-10-5-11(12(15-2)6-13-10)16-7-9-3-4-9/h5-6,9H,3-4,7-8H2,1-2H3. The van der Waals surface area contributed by atoms with Gasteiger partial charge >= 0.3 is 0 Å². The van der Waals surface area contributed by atoms with Gasteiger partial charge in [-0.1, -0.05) is 0 Å². The van der Waals surface area contributed by atoms with Gasteiger partial charge in [-0.15, -0.1) is 0 Å². The molecule has 0 saturated heterocycles. The molecule has 0 atom stereocenters. The molecule has 2 rings (SSSR count). The molecule has 0 N–H and O–H groups in total. The number of hydrogen-bond acceptors (Lipinski definition) is 4. The third-order valence-electron chi connectivity index (χ3n) is 2.57. The van der Waals surface area contributed by atoms with Gasteiger partial charge in [-0.05, 0) is 18.8 Å². The summed E-state index contributed by atoms with van der Waals surface area (Å²) in [5, 5.41) is 0. The van der Waals surface area contributed by atoms with Crippen molar-refractivity contribution in [3.63, 3.8) is 0 Å². The van der Waals surface area contributed by atoms with Crippen molar-refractivity contribution in [2.75, 3.05) is 20.8 Å². The van der Waals surface area contributed by atoms with Gasteiger partial charge in [-0.2, -0.15) is 0 Å². The van der Waals surface area contributed by atoms with Gasteiger partial charge in [0, 0.05) is 13.2 Å². The minimum Gasteiger partial charge on any atom is -0.491 e. The summed E-state index contributed by atoms with van der Waals surface area (Å²) in [6.45, 7) is 1.26. The summed E-state index contributed by atoms with van der Waals surface area (Å²) in [5.41, 5.74) is 0.856. The number of aromatic nitrogens is 1. The van der Waals surface area contributed by atoms with Crippen LogP contribution in [0.15, 0.2) is 12.3 Å². The van der Waals surface area contributed by atoms with Crippen molar-refractivity contribution >= 4 is 0 Å². The molecule has 16 heavy (non-hydrogen) atoms. The second-order valence-corrected chi connectivity index (χ2v) is 4.01. The Bertz CT molecular complexity index is 350. The maximum atomic E-state index is 5.72. The van der Waals surface area contributed by atoms with Crippen LogP contribution < -0.4 is 9.47 Å². The Kier molecular flexibility index (Phi) is 3.62. The zero-order valence-electron chi connectivity index (χ0n) is 9.73. The summed E-state index contributed by atoms with van der Waals surface area (Å²) in [6.07, 6.45) is 4.23. The molecule has 4 nitrogen and oxygen atoms in total. The Morgan fingerprint density at radius 2 is 2.12 bits per heavy atom. The van der Waals surface area contributed by atoms with Crippen LogP contribution in [0.1, 0.15) is 18.5 Å². The smallest absolute Gasteiger partial charge is 0.179 e. The van der Waals surface area contributed by atoms with Crippen LogP contribution in [-0.4, -0.2) is 25.8 Å². The van der Waals surface area contributed by atoms with E-state index in [0.29, 0.717) is 12.4 Å². The van der Waals surface area contributed by atoms with Crippen LogP contribution in [0.25, 0.3) is 0 Å². The maximum Gasteiger partial charge on any atom is 0.179 e. The van der Waals surface area contributed by atoms with Crippen molar-refractivity contribution < 1.29 is 14.2 Å². The zero-order valence-corrected chi connectivity index (χ0v) is 9.73. The lowest BCUT2D eigenvalue weighted by atomic mass is 10.3. The minimum absolute atomic E-state index is 0.490. The van der Waals surface area contributed by atoms with Crippen molar-refractivity contribution in [3.8, 4) is 11.5 Å². The lowest BCUT2D eigenvalue weighted by molar-refractivity contribution is 0.180. The highest BCUT2D eigenvalue weighted by atomic mass is 16.5. The van der Waals surface area contributed by atoms with Crippen molar-refractivity contribution in [2.45, 2.75) is 19.4 Å². The maximum absolute atomic E-state index is 5.72. The Balaban J connectivity index is 2.06. The van der Waals surface area contributed by atoms with Gasteiger partial charge in [0.15, 0.2) is 11.5 Å². The number of hydrogen-bond donors (Lipinski definition) is 0. The summed E-state index contributed by atoms with van der Waals surface area (Å²) in [4.78, 5) is 4.21. The van der Waals surface area contributed by atoms with E-state index in [9.17, 15) is 0 Å². The van der Waals surface area contributed by atoms with Crippen molar-refractivity contribution in [2.24, 2.45) is 5.92 Å². The second kappa shape index (κ2) is 5.16. The number of ether oxygens (including phenoxy) is 3. The molecule has 1 aromatic heterocycles. The summed E-state index contributed by atoms with van der Waals surface area (Å²) >= 11 is 0. The molecule has 1 aliphatic rings. The van der Waals surface area contributed by atoms with Crippen LogP contribution in [0.5, 0.6) is 11.5 Å². The van der Waals surface area contributed by atoms with Crippen LogP contribution >= 0.6 is 0 Å². The molecule has 4 heteroatoms. The largest absolute Gasteiger partial charge is 0.491 e. The predicted molar refractivity (Wildman–Crippen MR) is 59.7 cm³/mol. The summed E-state index contributed by atoms with van der Waals surface area (Å²) in [5.74, 6) is 2.17. The fourth-order valence-electron chi connectivity index (χ4n) is 1.45. The van der Waals surface area contributed by atoms with Crippen LogP contribution in [0.3, 0.4) is 0 Å². The lowest BCUT2D eigenvalue weighted by Crippen LogP contribution is -2.03. The summed E-state index contributed by atoms with van der Waals surface area (Å²) in [7, 11) is 3.27. The molecular formula is C12H17NO3. The molecule has 1 heterocycles. The van der Waals surface area contributed by atoms with Gasteiger partial charge in [0.2, 0.25) is 0 Å². The third-order valence-corrected chi connectivity index (χ3v) is 2.57. The van der Waals surface area contributed by atoms with E-state index in [1.807, 2.05) is 6.07 Å². The molecule has 0 aliphatic heterocycles. The number of methoxy groups -OCH3 is 2. The number of pyridine rings is 1. The topological polar surface area (TPSA) is 40.6 Å².